The summed E-state index contributed by atoms with van der Waals surface area (Å²) in [6, 6.07) is 4.51. The van der Waals surface area contributed by atoms with E-state index in [2.05, 4.69) is 0 Å². The second-order valence-corrected chi connectivity index (χ2v) is 4.49. The summed E-state index contributed by atoms with van der Waals surface area (Å²) in [7, 11) is 0. The molecular formula is C15H8O5. The van der Waals surface area contributed by atoms with Gasteiger partial charge in [-0.25, -0.2) is 9.59 Å². The third kappa shape index (κ3) is 1.68. The third-order valence-corrected chi connectivity index (χ3v) is 3.28. The van der Waals surface area contributed by atoms with Crippen LogP contribution in [0, 0.1) is 0 Å². The molecule has 0 saturated carbocycles. The van der Waals surface area contributed by atoms with Crippen molar-refractivity contribution in [1.82, 2.24) is 0 Å². The summed E-state index contributed by atoms with van der Waals surface area (Å²) in [5.41, 5.74) is 2.14. The predicted molar refractivity (Wildman–Crippen MR) is 70.1 cm³/mol. The van der Waals surface area contributed by atoms with Crippen LogP contribution < -0.4 is 0 Å². The van der Waals surface area contributed by atoms with E-state index in [1.165, 1.54) is 18.2 Å². The largest absolute Gasteiger partial charge is 0.478 e. The normalized spacial score (nSPS) is 15.8. The first-order valence-electron chi connectivity index (χ1n) is 5.78. The fourth-order valence-electron chi connectivity index (χ4n) is 2.33. The molecule has 0 atom stereocenters. The molecule has 2 N–H and O–H groups in total. The third-order valence-electron chi connectivity index (χ3n) is 3.28. The lowest BCUT2D eigenvalue weighted by atomic mass is 9.92. The highest BCUT2D eigenvalue weighted by Gasteiger charge is 2.28. The Hall–Kier alpha value is -2.95. The van der Waals surface area contributed by atoms with Crippen molar-refractivity contribution in [2.45, 2.75) is 0 Å². The number of fused-ring (bicyclic) bond motifs is 3. The SMILES string of the molecule is O=C(O)C1=CC(=O)C2=Cc3ccc(C(=O)O)cc3C2=C1. The standard InChI is InChI=1S/C15H8O5/c16-13-6-9(15(19)20)5-11-10-4-8(14(17)18)2-1-7(10)3-12(11)13/h1-6H,(H,17,18)(H,19,20). The minimum atomic E-state index is -1.19. The zero-order chi connectivity index (χ0) is 14.4. The van der Waals surface area contributed by atoms with Gasteiger partial charge in [0.05, 0.1) is 11.1 Å². The lowest BCUT2D eigenvalue weighted by molar-refractivity contribution is -0.132. The number of ketones is 1. The molecule has 0 spiro atoms. The van der Waals surface area contributed by atoms with Crippen molar-refractivity contribution in [2.75, 3.05) is 0 Å². The van der Waals surface area contributed by atoms with Gasteiger partial charge in [-0.05, 0) is 41.0 Å². The van der Waals surface area contributed by atoms with E-state index < -0.39 is 11.9 Å². The maximum Gasteiger partial charge on any atom is 0.335 e. The number of benzene rings is 1. The predicted octanol–water partition coefficient (Wildman–Crippen LogP) is 1.76. The van der Waals surface area contributed by atoms with E-state index in [1.807, 2.05) is 0 Å². The van der Waals surface area contributed by atoms with E-state index in [1.54, 1.807) is 12.1 Å². The molecule has 0 aromatic heterocycles. The van der Waals surface area contributed by atoms with E-state index in [4.69, 9.17) is 10.2 Å². The van der Waals surface area contributed by atoms with Crippen LogP contribution in [0.25, 0.3) is 11.6 Å². The highest BCUT2D eigenvalue weighted by atomic mass is 16.4. The van der Waals surface area contributed by atoms with Gasteiger partial charge in [-0.2, -0.15) is 0 Å². The molecule has 5 nitrogen and oxygen atoms in total. The first-order chi connectivity index (χ1) is 9.47. The quantitative estimate of drug-likeness (QED) is 0.852. The van der Waals surface area contributed by atoms with Crippen LogP contribution in [-0.2, 0) is 9.59 Å². The first-order valence-corrected chi connectivity index (χ1v) is 5.78. The molecule has 2 aliphatic rings. The molecular weight excluding hydrogens is 260 g/mol. The number of aromatic carboxylic acids is 1. The van der Waals surface area contributed by atoms with Crippen molar-refractivity contribution in [3.05, 3.63) is 58.2 Å². The number of carboxylic acid groups (broad SMARTS) is 2. The van der Waals surface area contributed by atoms with Gasteiger partial charge >= 0.3 is 11.9 Å². The van der Waals surface area contributed by atoms with Crippen LogP contribution in [0.2, 0.25) is 0 Å². The van der Waals surface area contributed by atoms with Crippen LogP contribution in [0.15, 0.2) is 41.5 Å². The molecule has 0 aliphatic heterocycles. The van der Waals surface area contributed by atoms with Crippen LogP contribution >= 0.6 is 0 Å². The van der Waals surface area contributed by atoms with Crippen LogP contribution in [0.4, 0.5) is 0 Å². The molecule has 1 aromatic carbocycles. The van der Waals surface area contributed by atoms with E-state index in [0.29, 0.717) is 22.3 Å². The lowest BCUT2D eigenvalue weighted by Crippen LogP contribution is -2.10. The molecule has 0 unspecified atom stereocenters. The first kappa shape index (κ1) is 12.1. The van der Waals surface area contributed by atoms with E-state index in [0.717, 1.165) is 6.08 Å². The summed E-state index contributed by atoms with van der Waals surface area (Å²) < 4.78 is 0. The fourth-order valence-corrected chi connectivity index (χ4v) is 2.33. The number of hydrogen-bond acceptors (Lipinski definition) is 3. The van der Waals surface area contributed by atoms with Crippen molar-refractivity contribution in [3.63, 3.8) is 0 Å². The molecule has 20 heavy (non-hydrogen) atoms. The maximum atomic E-state index is 11.9. The van der Waals surface area contributed by atoms with Gasteiger partial charge in [0.15, 0.2) is 5.78 Å². The molecule has 0 heterocycles. The molecule has 0 fully saturated rings. The number of carbonyl (C=O) groups excluding carboxylic acids is 1. The number of allylic oxidation sites excluding steroid dienone is 3. The zero-order valence-electron chi connectivity index (χ0n) is 10.1. The summed E-state index contributed by atoms with van der Waals surface area (Å²) in [6.45, 7) is 0. The van der Waals surface area contributed by atoms with Gasteiger partial charge in [0.1, 0.15) is 0 Å². The molecule has 0 amide bonds. The summed E-state index contributed by atoms with van der Waals surface area (Å²) in [6.07, 6.45) is 4.11. The smallest absolute Gasteiger partial charge is 0.335 e. The Balaban J connectivity index is 2.19. The minimum Gasteiger partial charge on any atom is -0.478 e. The maximum absolute atomic E-state index is 11.9. The average Bonchev–Trinajstić information content (AvgIpc) is 2.77. The number of aliphatic carboxylic acids is 1. The summed E-state index contributed by atoms with van der Waals surface area (Å²) >= 11 is 0. The van der Waals surface area contributed by atoms with Gasteiger partial charge < -0.3 is 10.2 Å². The van der Waals surface area contributed by atoms with Crippen molar-refractivity contribution in [2.24, 2.45) is 0 Å². The lowest BCUT2D eigenvalue weighted by Gasteiger charge is -2.11. The highest BCUT2D eigenvalue weighted by Crippen LogP contribution is 2.39. The van der Waals surface area contributed by atoms with Gasteiger partial charge in [0.2, 0.25) is 0 Å². The Morgan fingerprint density at radius 2 is 1.65 bits per heavy atom. The van der Waals surface area contributed by atoms with Crippen molar-refractivity contribution < 1.29 is 24.6 Å². The van der Waals surface area contributed by atoms with E-state index in [9.17, 15) is 14.4 Å². The summed E-state index contributed by atoms with van der Waals surface area (Å²) in [4.78, 5) is 33.9. The molecule has 0 saturated heterocycles. The van der Waals surface area contributed by atoms with E-state index >= 15 is 0 Å². The molecule has 1 aromatic rings. The molecule has 98 valence electrons. The molecule has 0 bridgehead atoms. The van der Waals surface area contributed by atoms with Crippen LogP contribution in [0.1, 0.15) is 21.5 Å². The van der Waals surface area contributed by atoms with Crippen LogP contribution in [0.5, 0.6) is 0 Å². The van der Waals surface area contributed by atoms with Crippen molar-refractivity contribution >= 4 is 29.4 Å². The number of hydrogen-bond donors (Lipinski definition) is 2. The summed E-state index contributed by atoms with van der Waals surface area (Å²) in [5.74, 6) is -2.64. The molecule has 0 radical (unpaired) electrons. The van der Waals surface area contributed by atoms with Gasteiger partial charge in [-0.3, -0.25) is 4.79 Å². The van der Waals surface area contributed by atoms with Crippen LogP contribution in [0.3, 0.4) is 0 Å². The highest BCUT2D eigenvalue weighted by molar-refractivity contribution is 6.26. The Kier molecular flexibility index (Phi) is 2.44. The second kappa shape index (κ2) is 4.03. The molecule has 5 heteroatoms. The van der Waals surface area contributed by atoms with Crippen LogP contribution in [-0.4, -0.2) is 27.9 Å². The van der Waals surface area contributed by atoms with E-state index in [-0.39, 0.29) is 16.9 Å². The van der Waals surface area contributed by atoms with Crippen molar-refractivity contribution in [1.29, 1.82) is 0 Å². The minimum absolute atomic E-state index is 0.0955. The monoisotopic (exact) mass is 268 g/mol. The average molecular weight is 268 g/mol. The van der Waals surface area contributed by atoms with Crippen molar-refractivity contribution in [3.8, 4) is 0 Å². The number of carbonyl (C=O) groups is 3. The molecule has 2 aliphatic carbocycles. The Labute approximate surface area is 113 Å². The topological polar surface area (TPSA) is 91.7 Å². The summed E-state index contributed by atoms with van der Waals surface area (Å²) in [5, 5.41) is 18.0. The zero-order valence-corrected chi connectivity index (χ0v) is 10.1. The Bertz CT molecular complexity index is 777. The number of rotatable bonds is 2. The molecule has 3 rings (SSSR count). The van der Waals surface area contributed by atoms with Gasteiger partial charge in [-0.1, -0.05) is 6.07 Å². The van der Waals surface area contributed by atoms with Gasteiger partial charge in [0.25, 0.3) is 0 Å². The van der Waals surface area contributed by atoms with Gasteiger partial charge in [0, 0.05) is 11.6 Å². The second-order valence-electron chi connectivity index (χ2n) is 4.49. The fraction of sp³-hybridized carbons (Fsp3) is 0. The Morgan fingerprint density at radius 1 is 0.900 bits per heavy atom. The van der Waals surface area contributed by atoms with Gasteiger partial charge in [-0.15, -0.1) is 0 Å². The Morgan fingerprint density at radius 3 is 2.30 bits per heavy atom. The number of carboxylic acids is 2.